The summed E-state index contributed by atoms with van der Waals surface area (Å²) in [5, 5.41) is 9.31. The fourth-order valence-corrected chi connectivity index (χ4v) is 2.39. The molecule has 0 radical (unpaired) electrons. The molecule has 15 heavy (non-hydrogen) atoms. The summed E-state index contributed by atoms with van der Waals surface area (Å²) in [6.07, 6.45) is 13.3. The van der Waals surface area contributed by atoms with Crippen molar-refractivity contribution in [1.82, 2.24) is 0 Å². The summed E-state index contributed by atoms with van der Waals surface area (Å²) >= 11 is 0. The van der Waals surface area contributed by atoms with Gasteiger partial charge in [-0.05, 0) is 38.2 Å². The molecule has 1 heteroatoms. The summed E-state index contributed by atoms with van der Waals surface area (Å²) in [6.45, 7) is 2.49. The molecule has 0 unspecified atom stereocenters. The highest BCUT2D eigenvalue weighted by Crippen LogP contribution is 2.20. The Balaban J connectivity index is 2.45. The lowest BCUT2D eigenvalue weighted by Gasteiger charge is -2.11. The third kappa shape index (κ3) is 5.36. The van der Waals surface area contributed by atoms with Crippen LogP contribution in [0.25, 0.3) is 0 Å². The van der Waals surface area contributed by atoms with Crippen LogP contribution in [0.4, 0.5) is 0 Å². The van der Waals surface area contributed by atoms with Crippen molar-refractivity contribution in [2.45, 2.75) is 71.1 Å². The fourth-order valence-electron chi connectivity index (χ4n) is 2.39. The Kier molecular flexibility index (Phi) is 6.74. The minimum atomic E-state index is 0.284. The maximum Gasteiger partial charge on any atom is 0.0644 e. The second-order valence-electron chi connectivity index (χ2n) is 4.87. The van der Waals surface area contributed by atoms with Crippen LogP contribution in [0.3, 0.4) is 0 Å². The van der Waals surface area contributed by atoms with Crippen LogP contribution in [0.2, 0.25) is 0 Å². The molecule has 1 aliphatic carbocycles. The molecule has 1 N–H and O–H groups in total. The molecule has 0 aromatic heterocycles. The van der Waals surface area contributed by atoms with Gasteiger partial charge in [-0.3, -0.25) is 0 Å². The van der Waals surface area contributed by atoms with Crippen LogP contribution in [-0.4, -0.2) is 11.7 Å². The molecule has 1 aliphatic rings. The zero-order chi connectivity index (χ0) is 10.9. The van der Waals surface area contributed by atoms with E-state index in [4.69, 9.17) is 0 Å². The van der Waals surface area contributed by atoms with Gasteiger partial charge in [-0.2, -0.15) is 0 Å². The maximum absolute atomic E-state index is 9.31. The quantitative estimate of drug-likeness (QED) is 0.643. The number of aliphatic hydroxyl groups excluding tert-OH is 1. The predicted molar refractivity (Wildman–Crippen MR) is 66.0 cm³/mol. The van der Waals surface area contributed by atoms with Gasteiger partial charge in [-0.1, -0.05) is 44.1 Å². The van der Waals surface area contributed by atoms with Crippen molar-refractivity contribution in [2.75, 3.05) is 6.61 Å². The van der Waals surface area contributed by atoms with Gasteiger partial charge < -0.3 is 5.11 Å². The minimum Gasteiger partial charge on any atom is -0.392 e. The highest BCUT2D eigenvalue weighted by Gasteiger charge is 2.03. The first-order valence-electron chi connectivity index (χ1n) is 6.63. The van der Waals surface area contributed by atoms with E-state index >= 15 is 0 Å². The van der Waals surface area contributed by atoms with Crippen LogP contribution < -0.4 is 0 Å². The molecule has 0 spiro atoms. The third-order valence-electron chi connectivity index (χ3n) is 3.57. The van der Waals surface area contributed by atoms with Crippen LogP contribution in [-0.2, 0) is 0 Å². The summed E-state index contributed by atoms with van der Waals surface area (Å²) in [5.74, 6) is 0. The molecule has 1 rings (SSSR count). The van der Waals surface area contributed by atoms with Gasteiger partial charge in [-0.15, -0.1) is 0 Å². The van der Waals surface area contributed by atoms with Gasteiger partial charge in [0.05, 0.1) is 6.61 Å². The number of rotatable bonds is 1. The van der Waals surface area contributed by atoms with E-state index in [0.29, 0.717) is 0 Å². The largest absolute Gasteiger partial charge is 0.392 e. The zero-order valence-electron chi connectivity index (χ0n) is 10.2. The van der Waals surface area contributed by atoms with Gasteiger partial charge >= 0.3 is 0 Å². The molecule has 0 aliphatic heterocycles. The highest BCUT2D eigenvalue weighted by atomic mass is 16.3. The van der Waals surface area contributed by atoms with Crippen LogP contribution in [0, 0.1) is 0 Å². The van der Waals surface area contributed by atoms with Crippen LogP contribution in [0.15, 0.2) is 11.1 Å². The lowest BCUT2D eigenvalue weighted by Crippen LogP contribution is -1.97. The standard InChI is InChI=1S/C14H26O/c1-13-10-8-6-4-2-3-5-7-9-11-14(13)12-15/h15H,2-12H2,1H3/b14-13+. The van der Waals surface area contributed by atoms with Crippen molar-refractivity contribution in [3.05, 3.63) is 11.1 Å². The summed E-state index contributed by atoms with van der Waals surface area (Å²) in [7, 11) is 0. The van der Waals surface area contributed by atoms with Gasteiger partial charge in [-0.25, -0.2) is 0 Å². The Morgan fingerprint density at radius 3 is 1.80 bits per heavy atom. The van der Waals surface area contributed by atoms with Gasteiger partial charge in [0.15, 0.2) is 0 Å². The van der Waals surface area contributed by atoms with Crippen molar-refractivity contribution < 1.29 is 5.11 Å². The van der Waals surface area contributed by atoms with Crippen molar-refractivity contribution in [1.29, 1.82) is 0 Å². The van der Waals surface area contributed by atoms with Crippen molar-refractivity contribution in [2.24, 2.45) is 0 Å². The Morgan fingerprint density at radius 1 is 0.800 bits per heavy atom. The van der Waals surface area contributed by atoms with Crippen molar-refractivity contribution >= 4 is 0 Å². The van der Waals surface area contributed by atoms with Gasteiger partial charge in [0, 0.05) is 0 Å². The first-order chi connectivity index (χ1) is 7.34. The summed E-state index contributed by atoms with van der Waals surface area (Å²) in [5.41, 5.74) is 2.77. The van der Waals surface area contributed by atoms with E-state index in [0.717, 1.165) is 6.42 Å². The van der Waals surface area contributed by atoms with E-state index < -0.39 is 0 Å². The maximum atomic E-state index is 9.31. The summed E-state index contributed by atoms with van der Waals surface area (Å²) < 4.78 is 0. The Labute approximate surface area is 94.6 Å². The molecule has 0 fully saturated rings. The van der Waals surface area contributed by atoms with E-state index in [-0.39, 0.29) is 6.61 Å². The summed E-state index contributed by atoms with van der Waals surface area (Å²) in [6, 6.07) is 0. The topological polar surface area (TPSA) is 20.2 Å². The smallest absolute Gasteiger partial charge is 0.0644 e. The fraction of sp³-hybridized carbons (Fsp3) is 0.857. The molecule has 0 saturated carbocycles. The van der Waals surface area contributed by atoms with Gasteiger partial charge in [0.25, 0.3) is 0 Å². The summed E-state index contributed by atoms with van der Waals surface area (Å²) in [4.78, 5) is 0. The Hall–Kier alpha value is -0.300. The highest BCUT2D eigenvalue weighted by molar-refractivity contribution is 5.12. The second kappa shape index (κ2) is 7.92. The molecule has 0 bridgehead atoms. The van der Waals surface area contributed by atoms with Gasteiger partial charge in [0.2, 0.25) is 0 Å². The molecule has 0 aromatic carbocycles. The number of hydrogen-bond donors (Lipinski definition) is 1. The molecular formula is C14H26O. The SMILES string of the molecule is C/C1=C(\CO)CCCCCCCCCC1. The van der Waals surface area contributed by atoms with Crippen molar-refractivity contribution in [3.8, 4) is 0 Å². The van der Waals surface area contributed by atoms with E-state index in [9.17, 15) is 5.11 Å². The number of hydrogen-bond acceptors (Lipinski definition) is 1. The predicted octanol–water partition coefficient (Wildman–Crippen LogP) is 4.21. The van der Waals surface area contributed by atoms with Crippen LogP contribution in [0.1, 0.15) is 71.1 Å². The van der Waals surface area contributed by atoms with Gasteiger partial charge in [0.1, 0.15) is 0 Å². The van der Waals surface area contributed by atoms with E-state index in [1.807, 2.05) is 0 Å². The van der Waals surface area contributed by atoms with E-state index in [1.54, 1.807) is 0 Å². The Morgan fingerprint density at radius 2 is 1.27 bits per heavy atom. The molecular weight excluding hydrogens is 184 g/mol. The molecule has 0 aromatic rings. The van der Waals surface area contributed by atoms with Crippen LogP contribution in [0.5, 0.6) is 0 Å². The first kappa shape index (κ1) is 12.8. The molecule has 0 heterocycles. The monoisotopic (exact) mass is 210 g/mol. The lowest BCUT2D eigenvalue weighted by atomic mass is 9.96. The van der Waals surface area contributed by atoms with E-state index in [2.05, 4.69) is 6.92 Å². The molecule has 0 amide bonds. The molecule has 0 atom stereocenters. The average Bonchev–Trinajstić information content (AvgIpc) is 2.23. The second-order valence-corrected chi connectivity index (χ2v) is 4.87. The lowest BCUT2D eigenvalue weighted by molar-refractivity contribution is 0.323. The molecule has 1 nitrogen and oxygen atoms in total. The van der Waals surface area contributed by atoms with Crippen LogP contribution >= 0.6 is 0 Å². The first-order valence-corrected chi connectivity index (χ1v) is 6.63. The van der Waals surface area contributed by atoms with E-state index in [1.165, 1.54) is 68.9 Å². The zero-order valence-corrected chi connectivity index (χ0v) is 10.2. The molecule has 0 saturated heterocycles. The minimum absolute atomic E-state index is 0.284. The van der Waals surface area contributed by atoms with Crippen molar-refractivity contribution in [3.63, 3.8) is 0 Å². The Bertz CT molecular complexity index is 194. The number of aliphatic hydroxyl groups is 1. The third-order valence-corrected chi connectivity index (χ3v) is 3.57. The molecule has 88 valence electrons. The number of allylic oxidation sites excluding steroid dienone is 1. The average molecular weight is 210 g/mol. The normalized spacial score (nSPS) is 26.8.